The van der Waals surface area contributed by atoms with Crippen LogP contribution in [0.4, 0.5) is 0 Å². The molecule has 0 saturated heterocycles. The standard InChI is InChI=1S/C59H57N3O/c1-39(41-20-7-3-8-21-41)60-59(61-40(2)42-22-9-4-10-23-42)54-38-44(47-29-16-15-28-46(47)43-24-11-5-12-25-43)34-35-48(54)51-31-19-32-52-53-37-36-50-49-30-17-18-33-55(49)62(45-26-13-6-14-27-45)56(50)58(53)63-57(51)52/h3-9,11-13,15,19-21,24-26,28,30-33,36-38,42,52,57,59-60H,1,10,14,16-18,22-23,27,29,34-35H2,2H3/b61-40+. The van der Waals surface area contributed by atoms with E-state index in [9.17, 15) is 0 Å². The summed E-state index contributed by atoms with van der Waals surface area (Å²) in [6.07, 6.45) is 41.5. The van der Waals surface area contributed by atoms with E-state index in [0.29, 0.717) is 5.92 Å². The van der Waals surface area contributed by atoms with Crippen LogP contribution in [0.25, 0.3) is 40.0 Å². The van der Waals surface area contributed by atoms with Gasteiger partial charge in [-0.25, -0.2) is 0 Å². The number of benzene rings is 3. The molecule has 4 heteroatoms. The summed E-state index contributed by atoms with van der Waals surface area (Å²) >= 11 is 0. The van der Waals surface area contributed by atoms with Crippen molar-refractivity contribution in [1.29, 1.82) is 0 Å². The molecular weight excluding hydrogens is 767 g/mol. The Morgan fingerprint density at radius 1 is 0.810 bits per heavy atom. The molecule has 7 aliphatic rings. The van der Waals surface area contributed by atoms with Gasteiger partial charge in [0, 0.05) is 56.0 Å². The lowest BCUT2D eigenvalue weighted by molar-refractivity contribution is 0.258. The predicted molar refractivity (Wildman–Crippen MR) is 264 cm³/mol. The average molecular weight is 824 g/mol. The van der Waals surface area contributed by atoms with Crippen molar-refractivity contribution in [3.8, 4) is 5.75 Å². The minimum Gasteiger partial charge on any atom is -0.482 e. The molecule has 1 N–H and O–H groups in total. The fourth-order valence-corrected chi connectivity index (χ4v) is 11.2. The van der Waals surface area contributed by atoms with Crippen molar-refractivity contribution < 1.29 is 4.74 Å². The van der Waals surface area contributed by atoms with Crippen LogP contribution in [0.1, 0.15) is 100 Å². The molecule has 1 aromatic heterocycles. The second-order valence-electron chi connectivity index (χ2n) is 18.1. The fourth-order valence-electron chi connectivity index (χ4n) is 11.2. The Balaban J connectivity index is 1.08. The summed E-state index contributed by atoms with van der Waals surface area (Å²) in [5, 5.41) is 7.91. The summed E-state index contributed by atoms with van der Waals surface area (Å²) < 4.78 is 10.0. The summed E-state index contributed by atoms with van der Waals surface area (Å²) in [7, 11) is 0. The maximum Gasteiger partial charge on any atom is 0.148 e. The maximum absolute atomic E-state index is 7.50. The minimum absolute atomic E-state index is 0.109. The molecule has 4 nitrogen and oxygen atoms in total. The number of fused-ring (bicyclic) bond motifs is 7. The lowest BCUT2D eigenvalue weighted by atomic mass is 9.76. The largest absolute Gasteiger partial charge is 0.482 e. The normalized spacial score (nSPS) is 23.2. The van der Waals surface area contributed by atoms with Crippen LogP contribution in [0.5, 0.6) is 5.75 Å². The van der Waals surface area contributed by atoms with Crippen molar-refractivity contribution in [2.75, 3.05) is 0 Å². The van der Waals surface area contributed by atoms with Crippen molar-refractivity contribution in [2.45, 2.75) is 95.7 Å². The Bertz CT molecular complexity index is 2950. The summed E-state index contributed by atoms with van der Waals surface area (Å²) in [5.74, 6) is 1.57. The van der Waals surface area contributed by atoms with Gasteiger partial charge in [-0.15, -0.1) is 0 Å². The lowest BCUT2D eigenvalue weighted by Gasteiger charge is -2.33. The molecule has 4 unspecified atom stereocenters. The van der Waals surface area contributed by atoms with E-state index in [1.165, 1.54) is 77.4 Å². The number of aliphatic imine (C=N–C) groups is 1. The van der Waals surface area contributed by atoms with Crippen LogP contribution in [0.3, 0.4) is 0 Å². The number of hydrogen-bond donors (Lipinski definition) is 1. The molecule has 0 spiro atoms. The Hall–Kier alpha value is -6.39. The van der Waals surface area contributed by atoms with Gasteiger partial charge in [0.25, 0.3) is 0 Å². The van der Waals surface area contributed by atoms with Crippen LogP contribution in [0, 0.1) is 5.92 Å². The number of allylic oxidation sites excluding steroid dienone is 13. The molecule has 3 aromatic carbocycles. The monoisotopic (exact) mass is 823 g/mol. The van der Waals surface area contributed by atoms with Crippen LogP contribution in [0.2, 0.25) is 0 Å². The van der Waals surface area contributed by atoms with E-state index in [-0.39, 0.29) is 18.2 Å². The fraction of sp³-hybridized carbons (Fsp3) is 0.271. The van der Waals surface area contributed by atoms with Gasteiger partial charge in [0.2, 0.25) is 0 Å². The van der Waals surface area contributed by atoms with Crippen LogP contribution in [-0.2, 0) is 0 Å². The van der Waals surface area contributed by atoms with Crippen LogP contribution < -0.4 is 20.6 Å². The molecule has 0 amide bonds. The highest BCUT2D eigenvalue weighted by Gasteiger charge is 2.41. The van der Waals surface area contributed by atoms with Crippen molar-refractivity contribution in [3.63, 3.8) is 0 Å². The van der Waals surface area contributed by atoms with Gasteiger partial charge in [-0.2, -0.15) is 0 Å². The minimum atomic E-state index is -0.337. The summed E-state index contributed by atoms with van der Waals surface area (Å²) in [5.41, 5.74) is 16.3. The molecule has 6 aliphatic carbocycles. The van der Waals surface area contributed by atoms with Crippen molar-refractivity contribution >= 4 is 45.7 Å². The molecule has 4 aromatic rings. The first-order valence-corrected chi connectivity index (χ1v) is 23.5. The lowest BCUT2D eigenvalue weighted by Crippen LogP contribution is -2.33. The van der Waals surface area contributed by atoms with Crippen LogP contribution in [0.15, 0.2) is 179 Å². The number of ether oxygens (including phenoxy) is 1. The molecule has 1 aliphatic heterocycles. The molecule has 0 fully saturated rings. The Morgan fingerprint density at radius 3 is 2.48 bits per heavy atom. The van der Waals surface area contributed by atoms with Gasteiger partial charge >= 0.3 is 0 Å². The Kier molecular flexibility index (Phi) is 10.7. The summed E-state index contributed by atoms with van der Waals surface area (Å²) in [4.78, 5) is 5.73. The average Bonchev–Trinajstić information content (AvgIpc) is 3.91. The molecule has 11 rings (SSSR count). The molecule has 63 heavy (non-hydrogen) atoms. The first-order valence-electron chi connectivity index (χ1n) is 23.5. The third-order valence-corrected chi connectivity index (χ3v) is 14.4. The van der Waals surface area contributed by atoms with E-state index in [0.717, 1.165) is 87.6 Å². The number of aromatic nitrogens is 1. The molecule has 314 valence electrons. The quantitative estimate of drug-likeness (QED) is 0.128. The second kappa shape index (κ2) is 17.1. The molecule has 4 atom stereocenters. The molecule has 2 heterocycles. The third kappa shape index (κ3) is 7.34. The highest BCUT2D eigenvalue weighted by Crippen LogP contribution is 2.50. The topological polar surface area (TPSA) is 38.5 Å². The number of nitrogens with zero attached hydrogens (tertiary/aromatic N) is 2. The van der Waals surface area contributed by atoms with Crippen molar-refractivity contribution in [2.24, 2.45) is 10.9 Å². The van der Waals surface area contributed by atoms with E-state index in [1.807, 2.05) is 0 Å². The van der Waals surface area contributed by atoms with Gasteiger partial charge in [0.1, 0.15) is 18.0 Å². The zero-order chi connectivity index (χ0) is 42.3. The molecule has 0 bridgehead atoms. The van der Waals surface area contributed by atoms with E-state index in [1.54, 1.807) is 0 Å². The third-order valence-electron chi connectivity index (χ3n) is 14.4. The van der Waals surface area contributed by atoms with Crippen molar-refractivity contribution in [3.05, 3.63) is 201 Å². The Morgan fingerprint density at radius 2 is 1.65 bits per heavy atom. The van der Waals surface area contributed by atoms with E-state index in [2.05, 4.69) is 175 Å². The number of rotatable bonds is 10. The SMILES string of the molecule is C=C(NC(/N=C(\C)C1CC=CCC1)C1=C(C2=CC=CC3c4ccc5c6c(n(C7=CC=CCC7)c5c4OC23)=CCCC=6)CCC(C2=C(c3ccccc3)C=CCC2)=C1)c1ccccc1. The van der Waals surface area contributed by atoms with E-state index < -0.39 is 0 Å². The first-order chi connectivity index (χ1) is 31.1. The summed E-state index contributed by atoms with van der Waals surface area (Å²) in [6, 6.07) is 26.2. The van der Waals surface area contributed by atoms with Gasteiger partial charge in [-0.05, 0) is 123 Å². The predicted octanol–water partition coefficient (Wildman–Crippen LogP) is 12.8. The van der Waals surface area contributed by atoms with Gasteiger partial charge in [-0.1, -0.05) is 152 Å². The Labute approximate surface area is 372 Å². The van der Waals surface area contributed by atoms with Gasteiger partial charge in [0.15, 0.2) is 0 Å². The van der Waals surface area contributed by atoms with Gasteiger partial charge in [0.05, 0.1) is 5.52 Å². The van der Waals surface area contributed by atoms with Crippen LogP contribution in [-0.4, -0.2) is 22.5 Å². The highest BCUT2D eigenvalue weighted by molar-refractivity contribution is 5.93. The summed E-state index contributed by atoms with van der Waals surface area (Å²) in [6.45, 7) is 6.89. The first kappa shape index (κ1) is 39.5. The highest BCUT2D eigenvalue weighted by atomic mass is 16.5. The number of hydrogen-bond acceptors (Lipinski definition) is 3. The van der Waals surface area contributed by atoms with Crippen LogP contribution >= 0.6 is 0 Å². The van der Waals surface area contributed by atoms with Gasteiger partial charge in [-0.3, -0.25) is 4.99 Å². The molecule has 0 radical (unpaired) electrons. The van der Waals surface area contributed by atoms with Crippen molar-refractivity contribution in [1.82, 2.24) is 9.88 Å². The second-order valence-corrected chi connectivity index (χ2v) is 18.1. The zero-order valence-corrected chi connectivity index (χ0v) is 36.5. The van der Waals surface area contributed by atoms with E-state index in [4.69, 9.17) is 9.73 Å². The number of nitrogens with one attached hydrogen (secondary N) is 1. The maximum atomic E-state index is 7.50. The zero-order valence-electron chi connectivity index (χ0n) is 36.5. The molecule has 0 saturated carbocycles. The molecular formula is C59H57N3O. The van der Waals surface area contributed by atoms with Gasteiger partial charge < -0.3 is 14.6 Å². The van der Waals surface area contributed by atoms with E-state index >= 15 is 0 Å². The smallest absolute Gasteiger partial charge is 0.148 e.